The fourth-order valence-electron chi connectivity index (χ4n) is 2.06. The average molecular weight is 405 g/mol. The zero-order chi connectivity index (χ0) is 21.1. The lowest BCUT2D eigenvalue weighted by molar-refractivity contribution is -0.138. The van der Waals surface area contributed by atoms with Crippen LogP contribution in [0.15, 0.2) is 0 Å². The predicted octanol–water partition coefficient (Wildman–Crippen LogP) is -2.66. The summed E-state index contributed by atoms with van der Waals surface area (Å²) in [6, 6.07) is -3.32. The summed E-state index contributed by atoms with van der Waals surface area (Å²) in [5, 5.41) is 15.3. The average Bonchev–Trinajstić information content (AvgIpc) is 2.55. The number of nitrogens with one attached hydrogen (secondary N) is 3. The molecule has 3 atom stereocenters. The number of carboxylic acids is 1. The molecule has 0 radical (unpaired) electrons. The van der Waals surface area contributed by atoms with Gasteiger partial charge in [0.2, 0.25) is 23.6 Å². The number of amides is 4. The van der Waals surface area contributed by atoms with Gasteiger partial charge in [-0.15, -0.1) is 0 Å². The van der Waals surface area contributed by atoms with Gasteiger partial charge in [0.15, 0.2) is 0 Å². The number of carboxylic acid groups (broad SMARTS) is 1. The molecule has 11 nitrogen and oxygen atoms in total. The molecule has 0 aromatic carbocycles. The topological polar surface area (TPSA) is 194 Å². The molecule has 0 aromatic rings. The van der Waals surface area contributed by atoms with Gasteiger partial charge in [-0.3, -0.25) is 24.0 Å². The number of rotatable bonds is 12. The first kappa shape index (κ1) is 24.7. The molecule has 27 heavy (non-hydrogen) atoms. The van der Waals surface area contributed by atoms with Gasteiger partial charge in [0.05, 0.1) is 12.5 Å². The highest BCUT2D eigenvalue weighted by atomic mass is 32.1. The summed E-state index contributed by atoms with van der Waals surface area (Å²) < 4.78 is 0. The van der Waals surface area contributed by atoms with Gasteiger partial charge in [0, 0.05) is 5.75 Å². The van der Waals surface area contributed by atoms with Gasteiger partial charge < -0.3 is 32.5 Å². The number of hydrogen-bond donors (Lipinski definition) is 7. The monoisotopic (exact) mass is 405 g/mol. The summed E-state index contributed by atoms with van der Waals surface area (Å²) in [6.45, 7) is 3.08. The molecule has 0 saturated heterocycles. The van der Waals surface area contributed by atoms with E-state index >= 15 is 0 Å². The van der Waals surface area contributed by atoms with E-state index in [0.717, 1.165) is 0 Å². The molecule has 0 fully saturated rings. The van der Waals surface area contributed by atoms with E-state index in [1.54, 1.807) is 0 Å². The van der Waals surface area contributed by atoms with E-state index in [1.807, 2.05) is 19.2 Å². The number of primary amides is 1. The molecule has 0 aliphatic heterocycles. The number of carbonyl (C=O) groups is 5. The number of aliphatic carboxylic acids is 1. The number of thiol groups is 1. The number of carbonyl (C=O) groups excluding carboxylic acids is 4. The highest BCUT2D eigenvalue weighted by Crippen LogP contribution is 2.03. The van der Waals surface area contributed by atoms with E-state index in [4.69, 9.17) is 16.6 Å². The lowest BCUT2D eigenvalue weighted by Gasteiger charge is -2.23. The second-order valence-electron chi connectivity index (χ2n) is 6.32. The maximum atomic E-state index is 12.3. The van der Waals surface area contributed by atoms with E-state index in [9.17, 15) is 24.0 Å². The predicted molar refractivity (Wildman–Crippen MR) is 99.6 cm³/mol. The van der Waals surface area contributed by atoms with Crippen molar-refractivity contribution in [1.82, 2.24) is 16.0 Å². The molecule has 4 amide bonds. The maximum absolute atomic E-state index is 12.3. The van der Waals surface area contributed by atoms with Crippen LogP contribution in [0.4, 0.5) is 0 Å². The molecule has 8 N–H and O–H groups in total. The Labute approximate surface area is 162 Å². The summed E-state index contributed by atoms with van der Waals surface area (Å²) in [6.07, 6.45) is -0.133. The molecule has 154 valence electrons. The Bertz CT molecular complexity index is 571. The zero-order valence-electron chi connectivity index (χ0n) is 15.2. The molecular weight excluding hydrogens is 378 g/mol. The molecule has 12 heteroatoms. The Hall–Kier alpha value is -2.34. The first-order valence-corrected chi connectivity index (χ1v) is 8.86. The van der Waals surface area contributed by atoms with Crippen molar-refractivity contribution in [3.05, 3.63) is 0 Å². The third kappa shape index (κ3) is 10.4. The van der Waals surface area contributed by atoms with Crippen LogP contribution in [0.1, 0.15) is 26.7 Å². The fraction of sp³-hybridized carbons (Fsp3) is 0.667. The first-order chi connectivity index (χ1) is 12.5. The number of hydrogen-bond acceptors (Lipinski definition) is 7. The van der Waals surface area contributed by atoms with Gasteiger partial charge >= 0.3 is 5.97 Å². The van der Waals surface area contributed by atoms with E-state index in [1.165, 1.54) is 0 Å². The number of nitrogens with two attached hydrogens (primary N) is 2. The van der Waals surface area contributed by atoms with Crippen LogP contribution in [0.25, 0.3) is 0 Å². The van der Waals surface area contributed by atoms with Crippen LogP contribution in [-0.4, -0.2) is 65.1 Å². The van der Waals surface area contributed by atoms with Crippen LogP contribution in [0.3, 0.4) is 0 Å². The Kier molecular flexibility index (Phi) is 11.1. The van der Waals surface area contributed by atoms with Crippen LogP contribution in [-0.2, 0) is 24.0 Å². The van der Waals surface area contributed by atoms with Crippen LogP contribution in [0.2, 0.25) is 0 Å². The minimum Gasteiger partial charge on any atom is -0.480 e. The van der Waals surface area contributed by atoms with Crippen molar-refractivity contribution in [3.8, 4) is 0 Å². The first-order valence-electron chi connectivity index (χ1n) is 8.22. The van der Waals surface area contributed by atoms with Crippen molar-refractivity contribution in [2.45, 2.75) is 44.8 Å². The molecule has 0 heterocycles. The van der Waals surface area contributed by atoms with E-state index in [-0.39, 0.29) is 11.7 Å². The molecule has 0 spiro atoms. The Morgan fingerprint density at radius 1 is 1.00 bits per heavy atom. The van der Waals surface area contributed by atoms with E-state index in [0.29, 0.717) is 6.42 Å². The van der Waals surface area contributed by atoms with E-state index in [2.05, 4.69) is 23.3 Å². The minimum absolute atomic E-state index is 0.0913. The van der Waals surface area contributed by atoms with Gasteiger partial charge in [-0.05, 0) is 12.3 Å². The van der Waals surface area contributed by atoms with Crippen molar-refractivity contribution in [1.29, 1.82) is 0 Å². The SMILES string of the molecule is CC(C)CC(N)C(=O)NC(CS)C(=O)NC(CC(N)=O)C(=O)NCC(=O)O. The van der Waals surface area contributed by atoms with Gasteiger partial charge in [-0.1, -0.05) is 13.8 Å². The molecule has 0 rings (SSSR count). The second-order valence-corrected chi connectivity index (χ2v) is 6.69. The smallest absolute Gasteiger partial charge is 0.322 e. The molecule has 3 unspecified atom stereocenters. The van der Waals surface area contributed by atoms with Crippen molar-refractivity contribution < 1.29 is 29.1 Å². The Morgan fingerprint density at radius 3 is 2.00 bits per heavy atom. The van der Waals surface area contributed by atoms with E-state index < -0.39 is 60.7 Å². The van der Waals surface area contributed by atoms with Gasteiger partial charge in [0.1, 0.15) is 18.6 Å². The normalized spacial score (nSPS) is 14.0. The summed E-state index contributed by atoms with van der Waals surface area (Å²) >= 11 is 3.99. The van der Waals surface area contributed by atoms with Gasteiger partial charge in [0.25, 0.3) is 0 Å². The maximum Gasteiger partial charge on any atom is 0.322 e. The Morgan fingerprint density at radius 2 is 1.56 bits per heavy atom. The third-order valence-corrected chi connectivity index (χ3v) is 3.69. The lowest BCUT2D eigenvalue weighted by Crippen LogP contribution is -2.57. The van der Waals surface area contributed by atoms with Crippen molar-refractivity contribution >= 4 is 42.2 Å². The summed E-state index contributed by atoms with van der Waals surface area (Å²) in [5.41, 5.74) is 10.8. The highest BCUT2D eigenvalue weighted by Gasteiger charge is 2.28. The molecule has 0 aliphatic carbocycles. The Balaban J connectivity index is 4.98. The zero-order valence-corrected chi connectivity index (χ0v) is 16.1. The van der Waals surface area contributed by atoms with Crippen molar-refractivity contribution in [2.24, 2.45) is 17.4 Å². The molecule has 0 saturated carbocycles. The van der Waals surface area contributed by atoms with Crippen LogP contribution in [0.5, 0.6) is 0 Å². The summed E-state index contributed by atoms with van der Waals surface area (Å²) in [4.78, 5) is 58.0. The second kappa shape index (κ2) is 12.1. The summed E-state index contributed by atoms with van der Waals surface area (Å²) in [5.74, 6) is -4.33. The highest BCUT2D eigenvalue weighted by molar-refractivity contribution is 7.80. The van der Waals surface area contributed by atoms with Crippen molar-refractivity contribution in [3.63, 3.8) is 0 Å². The molecule has 0 aromatic heterocycles. The fourth-order valence-corrected chi connectivity index (χ4v) is 2.31. The van der Waals surface area contributed by atoms with Crippen LogP contribution < -0.4 is 27.4 Å². The third-order valence-electron chi connectivity index (χ3n) is 3.33. The molecule has 0 aliphatic rings. The molecule has 0 bridgehead atoms. The summed E-state index contributed by atoms with van der Waals surface area (Å²) in [7, 11) is 0. The van der Waals surface area contributed by atoms with Crippen molar-refractivity contribution in [2.75, 3.05) is 12.3 Å². The standard InChI is InChI=1S/C15H27N5O6S/c1-7(2)3-8(16)13(24)20-10(6-27)15(26)19-9(4-11(17)21)14(25)18-5-12(22)23/h7-10,27H,3-6,16H2,1-2H3,(H2,17,21)(H,18,25)(H,19,26)(H,20,24)(H,22,23). The molecular formula is C15H27N5O6S. The minimum atomic E-state index is -1.39. The van der Waals surface area contributed by atoms with Gasteiger partial charge in [-0.2, -0.15) is 12.6 Å². The van der Waals surface area contributed by atoms with Crippen LogP contribution >= 0.6 is 12.6 Å². The van der Waals surface area contributed by atoms with Crippen LogP contribution in [0, 0.1) is 5.92 Å². The largest absolute Gasteiger partial charge is 0.480 e. The lowest BCUT2D eigenvalue weighted by atomic mass is 10.0. The van der Waals surface area contributed by atoms with Gasteiger partial charge in [-0.25, -0.2) is 0 Å². The quantitative estimate of drug-likeness (QED) is 0.172.